The zero-order chi connectivity index (χ0) is 18.5. The van der Waals surface area contributed by atoms with Crippen LogP contribution in [0, 0.1) is 5.82 Å². The third kappa shape index (κ3) is 2.81. The maximum Gasteiger partial charge on any atom is 0.206 e. The molecule has 0 spiro atoms. The predicted molar refractivity (Wildman–Crippen MR) is 99.9 cm³/mol. The Morgan fingerprint density at radius 3 is 2.69 bits per heavy atom. The van der Waals surface area contributed by atoms with E-state index in [1.54, 1.807) is 12.1 Å². The molecule has 2 aliphatic rings. The van der Waals surface area contributed by atoms with Crippen molar-refractivity contribution in [2.75, 3.05) is 18.5 Å². The van der Waals surface area contributed by atoms with E-state index in [9.17, 15) is 12.8 Å². The van der Waals surface area contributed by atoms with Gasteiger partial charge in [-0.25, -0.2) is 12.8 Å². The van der Waals surface area contributed by atoms with Crippen LogP contribution in [0.5, 0.6) is 0 Å². The molecule has 0 aliphatic carbocycles. The molecule has 0 aromatic heterocycles. The summed E-state index contributed by atoms with van der Waals surface area (Å²) < 4.78 is 39.4. The van der Waals surface area contributed by atoms with Crippen molar-refractivity contribution >= 4 is 15.5 Å². The number of likely N-dealkylation sites (N-methyl/N-ethyl adjacent to an activating group) is 1. The molecular formula is C20H23FN2O2S. The summed E-state index contributed by atoms with van der Waals surface area (Å²) in [6.45, 7) is 3.12. The second-order valence-corrected chi connectivity index (χ2v) is 9.30. The van der Waals surface area contributed by atoms with Crippen molar-refractivity contribution in [1.29, 1.82) is 0 Å². The van der Waals surface area contributed by atoms with Crippen LogP contribution in [-0.2, 0) is 9.84 Å². The zero-order valence-corrected chi connectivity index (χ0v) is 15.8. The first kappa shape index (κ1) is 17.5. The van der Waals surface area contributed by atoms with Gasteiger partial charge in [0.25, 0.3) is 0 Å². The van der Waals surface area contributed by atoms with E-state index in [1.165, 1.54) is 18.2 Å². The van der Waals surface area contributed by atoms with Crippen molar-refractivity contribution in [2.24, 2.45) is 0 Å². The van der Waals surface area contributed by atoms with Crippen LogP contribution in [0.25, 0.3) is 0 Å². The fourth-order valence-electron chi connectivity index (χ4n) is 4.35. The molecule has 26 heavy (non-hydrogen) atoms. The van der Waals surface area contributed by atoms with E-state index in [-0.39, 0.29) is 9.79 Å². The lowest BCUT2D eigenvalue weighted by molar-refractivity contribution is 0.487. The number of anilines is 1. The van der Waals surface area contributed by atoms with Crippen molar-refractivity contribution < 1.29 is 12.8 Å². The van der Waals surface area contributed by atoms with Crippen molar-refractivity contribution in [2.45, 2.75) is 47.6 Å². The molecule has 1 saturated heterocycles. The van der Waals surface area contributed by atoms with Crippen LogP contribution in [0.2, 0.25) is 0 Å². The second-order valence-electron chi connectivity index (χ2n) is 7.35. The van der Waals surface area contributed by atoms with Gasteiger partial charge in [-0.05, 0) is 68.3 Å². The first-order chi connectivity index (χ1) is 12.4. The molecule has 3 atom stereocenters. The highest BCUT2D eigenvalue weighted by molar-refractivity contribution is 7.91. The molecule has 2 heterocycles. The number of rotatable bonds is 2. The van der Waals surface area contributed by atoms with Crippen molar-refractivity contribution in [3.05, 3.63) is 53.8 Å². The summed E-state index contributed by atoms with van der Waals surface area (Å²) in [6.07, 6.45) is 2.01. The minimum Gasteiger partial charge on any atom is -0.371 e. The van der Waals surface area contributed by atoms with Gasteiger partial charge in [-0.15, -0.1) is 0 Å². The van der Waals surface area contributed by atoms with E-state index in [2.05, 4.69) is 24.2 Å². The molecule has 0 amide bonds. The molecule has 2 aromatic rings. The number of nitrogens with one attached hydrogen (secondary N) is 1. The maximum absolute atomic E-state index is 13.5. The first-order valence-corrected chi connectivity index (χ1v) is 10.5. The Morgan fingerprint density at radius 2 is 1.92 bits per heavy atom. The van der Waals surface area contributed by atoms with Gasteiger partial charge < -0.3 is 10.2 Å². The summed E-state index contributed by atoms with van der Waals surface area (Å²) in [5.74, 6) is -0.231. The van der Waals surface area contributed by atoms with Crippen LogP contribution in [0.15, 0.2) is 52.3 Å². The van der Waals surface area contributed by atoms with Gasteiger partial charge in [0.15, 0.2) is 0 Å². The Bertz CT molecular complexity index is 945. The Labute approximate surface area is 153 Å². The van der Waals surface area contributed by atoms with E-state index in [1.807, 2.05) is 6.07 Å². The lowest BCUT2D eigenvalue weighted by atomic mass is 9.90. The Hall–Kier alpha value is -1.92. The lowest BCUT2D eigenvalue weighted by Gasteiger charge is -2.26. The highest BCUT2D eigenvalue weighted by Gasteiger charge is 2.39. The molecule has 4 rings (SSSR count). The van der Waals surface area contributed by atoms with Gasteiger partial charge in [-0.2, -0.15) is 0 Å². The third-order valence-electron chi connectivity index (χ3n) is 5.70. The molecule has 6 heteroatoms. The first-order valence-electron chi connectivity index (χ1n) is 8.99. The minimum absolute atomic E-state index is 0.00323. The highest BCUT2D eigenvalue weighted by atomic mass is 32.2. The SMILES string of the molecule is CC1CC2[C@@H](CCN1)c1cc(S(=O)(=O)c3cccc(F)c3)ccc1N2C. The van der Waals surface area contributed by atoms with Gasteiger partial charge in [0.1, 0.15) is 5.82 Å². The maximum atomic E-state index is 13.5. The van der Waals surface area contributed by atoms with Crippen LogP contribution >= 0.6 is 0 Å². The molecule has 138 valence electrons. The molecule has 0 bridgehead atoms. The predicted octanol–water partition coefficient (Wildman–Crippen LogP) is 3.33. The van der Waals surface area contributed by atoms with Crippen molar-refractivity contribution in [3.8, 4) is 0 Å². The molecule has 2 aliphatic heterocycles. The molecule has 0 saturated carbocycles. The second kappa shape index (κ2) is 6.35. The third-order valence-corrected chi connectivity index (χ3v) is 7.45. The number of halogens is 1. The van der Waals surface area contributed by atoms with E-state index in [0.717, 1.165) is 36.7 Å². The summed E-state index contributed by atoms with van der Waals surface area (Å²) in [4.78, 5) is 2.51. The van der Waals surface area contributed by atoms with Crippen LogP contribution < -0.4 is 10.2 Å². The van der Waals surface area contributed by atoms with E-state index in [0.29, 0.717) is 18.0 Å². The molecule has 2 aromatic carbocycles. The summed E-state index contributed by atoms with van der Waals surface area (Å²) >= 11 is 0. The number of hydrogen-bond donors (Lipinski definition) is 1. The fraction of sp³-hybridized carbons (Fsp3) is 0.400. The normalized spacial score (nSPS) is 25.5. The van der Waals surface area contributed by atoms with Crippen LogP contribution in [-0.4, -0.2) is 34.1 Å². The number of fused-ring (bicyclic) bond motifs is 3. The molecule has 0 radical (unpaired) electrons. The quantitative estimate of drug-likeness (QED) is 0.876. The van der Waals surface area contributed by atoms with Crippen LogP contribution in [0.1, 0.15) is 31.2 Å². The summed E-state index contributed by atoms with van der Waals surface area (Å²) in [7, 11) is -1.65. The van der Waals surface area contributed by atoms with Gasteiger partial charge in [0, 0.05) is 30.7 Å². The van der Waals surface area contributed by atoms with Gasteiger partial charge >= 0.3 is 0 Å². The molecule has 1 N–H and O–H groups in total. The Morgan fingerprint density at radius 1 is 1.15 bits per heavy atom. The van der Waals surface area contributed by atoms with Gasteiger partial charge in [-0.1, -0.05) is 6.07 Å². The van der Waals surface area contributed by atoms with Gasteiger partial charge in [0.2, 0.25) is 9.84 Å². The van der Waals surface area contributed by atoms with Gasteiger partial charge in [-0.3, -0.25) is 0 Å². The molecule has 2 unspecified atom stereocenters. The number of hydrogen-bond acceptors (Lipinski definition) is 4. The lowest BCUT2D eigenvalue weighted by Crippen LogP contribution is -2.34. The standard InChI is InChI=1S/C20H23FN2O2S/c1-13-10-20-17(8-9-22-13)18-12-16(6-7-19(18)23(20)2)26(24,25)15-5-3-4-14(21)11-15/h3-7,11-13,17,20,22H,8-10H2,1-2H3/t13?,17-,20?/m0/s1. The fourth-order valence-corrected chi connectivity index (χ4v) is 5.67. The summed E-state index contributed by atoms with van der Waals surface area (Å²) in [6, 6.07) is 11.4. The highest BCUT2D eigenvalue weighted by Crippen LogP contribution is 2.45. The summed E-state index contributed by atoms with van der Waals surface area (Å²) in [5.41, 5.74) is 2.19. The van der Waals surface area contributed by atoms with Crippen LogP contribution in [0.4, 0.5) is 10.1 Å². The minimum atomic E-state index is -3.73. The monoisotopic (exact) mass is 374 g/mol. The molecular weight excluding hydrogens is 351 g/mol. The van der Waals surface area contributed by atoms with E-state index in [4.69, 9.17) is 0 Å². The van der Waals surface area contributed by atoms with Crippen molar-refractivity contribution in [1.82, 2.24) is 5.32 Å². The van der Waals surface area contributed by atoms with Gasteiger partial charge in [0.05, 0.1) is 9.79 Å². The summed E-state index contributed by atoms with van der Waals surface area (Å²) in [5, 5.41) is 3.51. The molecule has 1 fully saturated rings. The number of sulfone groups is 1. The zero-order valence-electron chi connectivity index (χ0n) is 14.9. The smallest absolute Gasteiger partial charge is 0.206 e. The van der Waals surface area contributed by atoms with Crippen molar-refractivity contribution in [3.63, 3.8) is 0 Å². The average molecular weight is 374 g/mol. The topological polar surface area (TPSA) is 49.4 Å². The molecule has 4 nitrogen and oxygen atoms in total. The Kier molecular flexibility index (Phi) is 4.28. The van der Waals surface area contributed by atoms with Crippen LogP contribution in [0.3, 0.4) is 0 Å². The Balaban J connectivity index is 1.77. The van der Waals surface area contributed by atoms with E-state index < -0.39 is 15.7 Å². The largest absolute Gasteiger partial charge is 0.371 e. The number of nitrogens with zero attached hydrogens (tertiary/aromatic N) is 1. The number of benzene rings is 2. The van der Waals surface area contributed by atoms with E-state index >= 15 is 0 Å². The average Bonchev–Trinajstić information content (AvgIpc) is 2.76.